The van der Waals surface area contributed by atoms with Gasteiger partial charge in [-0.2, -0.15) is 5.10 Å². The zero-order chi connectivity index (χ0) is 16.8. The predicted octanol–water partition coefficient (Wildman–Crippen LogP) is 3.58. The number of hydrogen-bond acceptors (Lipinski definition) is 5. The molecule has 122 valence electrons. The molecule has 3 aromatic rings. The van der Waals surface area contributed by atoms with Gasteiger partial charge in [-0.25, -0.2) is 10.4 Å². The highest BCUT2D eigenvalue weighted by Gasteiger charge is 2.04. The summed E-state index contributed by atoms with van der Waals surface area (Å²) in [6, 6.07) is 13.4. The Balaban J connectivity index is 1.70. The summed E-state index contributed by atoms with van der Waals surface area (Å²) >= 11 is 0. The van der Waals surface area contributed by atoms with E-state index in [2.05, 4.69) is 27.1 Å². The minimum atomic E-state index is 0.428. The summed E-state index contributed by atoms with van der Waals surface area (Å²) < 4.78 is 10.8. The van der Waals surface area contributed by atoms with Gasteiger partial charge in [-0.3, -0.25) is 0 Å². The lowest BCUT2D eigenvalue weighted by atomic mass is 10.2. The van der Waals surface area contributed by atoms with Crippen molar-refractivity contribution in [3.8, 4) is 11.5 Å². The Morgan fingerprint density at radius 3 is 2.92 bits per heavy atom. The minimum absolute atomic E-state index is 0.428. The maximum atomic E-state index is 5.52. The first kappa shape index (κ1) is 15.6. The molecule has 0 aliphatic rings. The predicted molar refractivity (Wildman–Crippen MR) is 96.0 cm³/mol. The van der Waals surface area contributed by atoms with Gasteiger partial charge in [0.25, 0.3) is 0 Å². The van der Waals surface area contributed by atoms with Crippen LogP contribution in [0.15, 0.2) is 60.2 Å². The number of imidazole rings is 1. The third-order valence-corrected chi connectivity index (χ3v) is 3.32. The van der Waals surface area contributed by atoms with Gasteiger partial charge < -0.3 is 14.5 Å². The first-order valence-electron chi connectivity index (χ1n) is 7.45. The molecule has 0 radical (unpaired) electrons. The largest absolute Gasteiger partial charge is 0.493 e. The van der Waals surface area contributed by atoms with Crippen LogP contribution in [0, 0.1) is 0 Å². The van der Waals surface area contributed by atoms with Crippen molar-refractivity contribution in [1.29, 1.82) is 0 Å². The zero-order valence-electron chi connectivity index (χ0n) is 13.3. The first-order valence-corrected chi connectivity index (χ1v) is 7.45. The molecule has 0 saturated carbocycles. The van der Waals surface area contributed by atoms with E-state index < -0.39 is 0 Å². The van der Waals surface area contributed by atoms with Crippen molar-refractivity contribution in [2.75, 3.05) is 19.1 Å². The van der Waals surface area contributed by atoms with Crippen molar-refractivity contribution in [3.63, 3.8) is 0 Å². The van der Waals surface area contributed by atoms with Crippen molar-refractivity contribution in [1.82, 2.24) is 9.97 Å². The Kier molecular flexibility index (Phi) is 4.76. The van der Waals surface area contributed by atoms with Gasteiger partial charge in [-0.05, 0) is 35.9 Å². The number of H-pyrrole nitrogens is 1. The van der Waals surface area contributed by atoms with E-state index in [0.717, 1.165) is 16.6 Å². The van der Waals surface area contributed by atoms with Crippen molar-refractivity contribution in [2.24, 2.45) is 5.10 Å². The molecule has 3 rings (SSSR count). The molecular formula is C18H18N4O2. The zero-order valence-corrected chi connectivity index (χ0v) is 13.3. The Morgan fingerprint density at radius 2 is 2.12 bits per heavy atom. The standard InChI is InChI=1S/C18H18N4O2/c1-3-10-24-16-9-8-13(11-17(16)23-2)12-19-22-18-20-14-6-4-5-7-15(14)21-18/h3-9,11-12H,1,10H2,2H3,(H2,20,21,22)/b19-12+. The number of ether oxygens (including phenoxy) is 2. The molecule has 0 bridgehead atoms. The van der Waals surface area contributed by atoms with Gasteiger partial charge in [0.2, 0.25) is 5.95 Å². The molecule has 6 heteroatoms. The van der Waals surface area contributed by atoms with Gasteiger partial charge in [0.1, 0.15) is 6.61 Å². The van der Waals surface area contributed by atoms with Crippen LogP contribution >= 0.6 is 0 Å². The molecule has 24 heavy (non-hydrogen) atoms. The van der Waals surface area contributed by atoms with E-state index in [-0.39, 0.29) is 0 Å². The molecule has 2 aromatic carbocycles. The highest BCUT2D eigenvalue weighted by Crippen LogP contribution is 2.27. The normalized spacial score (nSPS) is 10.9. The lowest BCUT2D eigenvalue weighted by Gasteiger charge is -2.09. The van der Waals surface area contributed by atoms with E-state index in [1.165, 1.54) is 0 Å². The monoisotopic (exact) mass is 322 g/mol. The summed E-state index contributed by atoms with van der Waals surface area (Å²) in [7, 11) is 1.60. The number of benzene rings is 2. The van der Waals surface area contributed by atoms with Crippen molar-refractivity contribution >= 4 is 23.2 Å². The second-order valence-corrected chi connectivity index (χ2v) is 4.98. The Hall–Kier alpha value is -3.28. The summed E-state index contributed by atoms with van der Waals surface area (Å²) in [6.07, 6.45) is 3.37. The SMILES string of the molecule is C=CCOc1ccc(/C=N/Nc2nc3ccccc3[nH]2)cc1OC. The van der Waals surface area contributed by atoms with Gasteiger partial charge in [0, 0.05) is 0 Å². The number of para-hydroxylation sites is 2. The highest BCUT2D eigenvalue weighted by molar-refractivity contribution is 5.82. The number of nitrogens with zero attached hydrogens (tertiary/aromatic N) is 2. The van der Waals surface area contributed by atoms with Crippen LogP contribution in [0.4, 0.5) is 5.95 Å². The average Bonchev–Trinajstić information content (AvgIpc) is 3.03. The van der Waals surface area contributed by atoms with E-state index in [9.17, 15) is 0 Å². The van der Waals surface area contributed by atoms with E-state index in [1.54, 1.807) is 19.4 Å². The van der Waals surface area contributed by atoms with Crippen LogP contribution in [0.5, 0.6) is 11.5 Å². The number of anilines is 1. The molecule has 0 unspecified atom stereocenters. The third kappa shape index (κ3) is 3.55. The molecule has 0 aliphatic heterocycles. The number of hydrazone groups is 1. The van der Waals surface area contributed by atoms with Gasteiger partial charge in [-0.15, -0.1) is 0 Å². The molecule has 0 spiro atoms. The summed E-state index contributed by atoms with van der Waals surface area (Å²) in [5, 5.41) is 4.19. The van der Waals surface area contributed by atoms with E-state index in [1.807, 2.05) is 42.5 Å². The summed E-state index contributed by atoms with van der Waals surface area (Å²) in [5.41, 5.74) is 5.61. The van der Waals surface area contributed by atoms with Gasteiger partial charge in [-0.1, -0.05) is 24.8 Å². The number of nitrogens with one attached hydrogen (secondary N) is 2. The quantitative estimate of drug-likeness (QED) is 0.396. The molecule has 0 fully saturated rings. The van der Waals surface area contributed by atoms with Gasteiger partial charge in [0.15, 0.2) is 11.5 Å². The second kappa shape index (κ2) is 7.32. The fraction of sp³-hybridized carbons (Fsp3) is 0.111. The van der Waals surface area contributed by atoms with Crippen molar-refractivity contribution in [2.45, 2.75) is 0 Å². The Morgan fingerprint density at radius 1 is 1.25 bits per heavy atom. The van der Waals surface area contributed by atoms with Crippen LogP contribution in [-0.2, 0) is 0 Å². The minimum Gasteiger partial charge on any atom is -0.493 e. The fourth-order valence-electron chi connectivity index (χ4n) is 2.21. The van der Waals surface area contributed by atoms with Crippen molar-refractivity contribution in [3.05, 3.63) is 60.7 Å². The van der Waals surface area contributed by atoms with Crippen LogP contribution in [0.2, 0.25) is 0 Å². The van der Waals surface area contributed by atoms with Gasteiger partial charge in [0.05, 0.1) is 24.4 Å². The average molecular weight is 322 g/mol. The first-order chi connectivity index (χ1) is 11.8. The van der Waals surface area contributed by atoms with Crippen LogP contribution in [0.1, 0.15) is 5.56 Å². The number of methoxy groups -OCH3 is 1. The molecule has 0 amide bonds. The Labute approximate surface area is 139 Å². The molecule has 0 saturated heterocycles. The maximum absolute atomic E-state index is 5.52. The van der Waals surface area contributed by atoms with Crippen LogP contribution in [0.25, 0.3) is 11.0 Å². The highest BCUT2D eigenvalue weighted by atomic mass is 16.5. The fourth-order valence-corrected chi connectivity index (χ4v) is 2.21. The number of aromatic nitrogens is 2. The van der Waals surface area contributed by atoms with E-state index >= 15 is 0 Å². The summed E-state index contributed by atoms with van der Waals surface area (Å²) in [5.74, 6) is 1.90. The van der Waals surface area contributed by atoms with E-state index in [4.69, 9.17) is 9.47 Å². The molecule has 6 nitrogen and oxygen atoms in total. The van der Waals surface area contributed by atoms with Crippen LogP contribution < -0.4 is 14.9 Å². The number of fused-ring (bicyclic) bond motifs is 1. The second-order valence-electron chi connectivity index (χ2n) is 4.98. The molecule has 0 aliphatic carbocycles. The maximum Gasteiger partial charge on any atom is 0.222 e. The molecule has 1 aromatic heterocycles. The topological polar surface area (TPSA) is 71.5 Å². The van der Waals surface area contributed by atoms with Gasteiger partial charge >= 0.3 is 0 Å². The lowest BCUT2D eigenvalue weighted by Crippen LogP contribution is -1.97. The lowest BCUT2D eigenvalue weighted by molar-refractivity contribution is 0.326. The van der Waals surface area contributed by atoms with Crippen LogP contribution in [0.3, 0.4) is 0 Å². The third-order valence-electron chi connectivity index (χ3n) is 3.32. The van der Waals surface area contributed by atoms with Crippen molar-refractivity contribution < 1.29 is 9.47 Å². The number of rotatable bonds is 7. The smallest absolute Gasteiger partial charge is 0.222 e. The summed E-state index contributed by atoms with van der Waals surface area (Å²) in [4.78, 5) is 7.54. The molecule has 1 heterocycles. The molecule has 0 atom stereocenters. The van der Waals surface area contributed by atoms with E-state index in [0.29, 0.717) is 24.1 Å². The molecule has 2 N–H and O–H groups in total. The summed E-state index contributed by atoms with van der Waals surface area (Å²) in [6.45, 7) is 4.06. The Bertz CT molecular complexity index is 837. The molecular weight excluding hydrogens is 304 g/mol. The number of aromatic amines is 1. The number of hydrogen-bond donors (Lipinski definition) is 2. The van der Waals surface area contributed by atoms with Crippen LogP contribution in [-0.4, -0.2) is 29.9 Å².